The van der Waals surface area contributed by atoms with Crippen LogP contribution in [0.4, 0.5) is 0 Å². The summed E-state index contributed by atoms with van der Waals surface area (Å²) in [4.78, 5) is 25.5. The number of carbonyl (C=O) groups is 2. The van der Waals surface area contributed by atoms with Gasteiger partial charge in [-0.25, -0.2) is 9.59 Å². The molecule has 8 atom stereocenters. The van der Waals surface area contributed by atoms with Crippen molar-refractivity contribution in [1.82, 2.24) is 0 Å². The molecule has 1 heterocycles. The number of allylic oxidation sites excluding steroid dienone is 2. The maximum atomic E-state index is 12.8. The molecule has 1 saturated heterocycles. The molecule has 32 heavy (non-hydrogen) atoms. The molecule has 0 spiro atoms. The van der Waals surface area contributed by atoms with E-state index in [0.717, 1.165) is 0 Å². The summed E-state index contributed by atoms with van der Waals surface area (Å²) in [6, 6.07) is 0. The van der Waals surface area contributed by atoms with Gasteiger partial charge in [-0.05, 0) is 40.5 Å². The molecule has 2 saturated carbocycles. The lowest BCUT2D eigenvalue weighted by Crippen LogP contribution is -2.56. The summed E-state index contributed by atoms with van der Waals surface area (Å²) in [6.07, 6.45) is 0.855. The van der Waals surface area contributed by atoms with Gasteiger partial charge >= 0.3 is 11.9 Å². The van der Waals surface area contributed by atoms with Gasteiger partial charge in [-0.3, -0.25) is 0 Å². The Bertz CT molecular complexity index is 845. The maximum Gasteiger partial charge on any atom is 0.333 e. The standard InChI is InChI=1S/C25H38O7/c1-9-14(5)21(27)30-16-11-23(7)19(32-23)20(31-22(28)15(6)10-2)24(8)17(26)12-25(29,13(3)4)18(16)24/h9-10,13,16-20,26,29H,11-12H2,1-8H3/t16-,17-,18+,19+,20-,23-,24+,25+/m0/s1. The van der Waals surface area contributed by atoms with Crippen molar-refractivity contribution in [1.29, 1.82) is 0 Å². The van der Waals surface area contributed by atoms with Crippen molar-refractivity contribution >= 4 is 11.9 Å². The van der Waals surface area contributed by atoms with Crippen LogP contribution in [0.2, 0.25) is 0 Å². The first-order chi connectivity index (χ1) is 14.8. The summed E-state index contributed by atoms with van der Waals surface area (Å²) in [5.74, 6) is -1.81. The number of ether oxygens (including phenoxy) is 3. The molecule has 3 fully saturated rings. The largest absolute Gasteiger partial charge is 0.458 e. The lowest BCUT2D eigenvalue weighted by molar-refractivity contribution is -0.186. The fourth-order valence-corrected chi connectivity index (χ4v) is 5.70. The van der Waals surface area contributed by atoms with Crippen molar-refractivity contribution in [2.24, 2.45) is 17.3 Å². The molecular formula is C25H38O7. The third-order valence-corrected chi connectivity index (χ3v) is 8.26. The van der Waals surface area contributed by atoms with E-state index in [-0.39, 0.29) is 12.3 Å². The first kappa shape index (κ1) is 24.9. The third kappa shape index (κ3) is 3.72. The van der Waals surface area contributed by atoms with Crippen LogP contribution in [0.15, 0.2) is 23.3 Å². The van der Waals surface area contributed by atoms with Gasteiger partial charge in [0.2, 0.25) is 0 Å². The van der Waals surface area contributed by atoms with Crippen LogP contribution in [0.5, 0.6) is 0 Å². The topological polar surface area (TPSA) is 106 Å². The summed E-state index contributed by atoms with van der Waals surface area (Å²) in [5, 5.41) is 23.2. The summed E-state index contributed by atoms with van der Waals surface area (Å²) in [7, 11) is 0. The number of aliphatic hydroxyl groups excluding tert-OH is 1. The Morgan fingerprint density at radius 1 is 1.03 bits per heavy atom. The van der Waals surface area contributed by atoms with Gasteiger partial charge in [0.25, 0.3) is 0 Å². The second-order valence-corrected chi connectivity index (χ2v) is 10.5. The molecule has 0 aromatic carbocycles. The van der Waals surface area contributed by atoms with Gasteiger partial charge in [-0.2, -0.15) is 0 Å². The summed E-state index contributed by atoms with van der Waals surface area (Å²) in [6.45, 7) is 14.4. The number of hydrogen-bond donors (Lipinski definition) is 2. The van der Waals surface area contributed by atoms with Crippen LogP contribution in [-0.4, -0.2) is 57.8 Å². The molecule has 0 aromatic heterocycles. The van der Waals surface area contributed by atoms with Gasteiger partial charge in [0.1, 0.15) is 18.3 Å². The molecule has 0 aromatic rings. The average Bonchev–Trinajstić information content (AvgIpc) is 3.33. The number of hydrogen-bond acceptors (Lipinski definition) is 7. The Morgan fingerprint density at radius 3 is 2.06 bits per heavy atom. The minimum atomic E-state index is -1.31. The lowest BCUT2D eigenvalue weighted by atomic mass is 9.66. The Labute approximate surface area is 190 Å². The van der Waals surface area contributed by atoms with Crippen molar-refractivity contribution in [3.8, 4) is 0 Å². The highest BCUT2D eigenvalue weighted by Crippen LogP contribution is 2.64. The average molecular weight is 451 g/mol. The van der Waals surface area contributed by atoms with Crippen LogP contribution < -0.4 is 0 Å². The van der Waals surface area contributed by atoms with Crippen molar-refractivity contribution in [3.05, 3.63) is 23.3 Å². The minimum Gasteiger partial charge on any atom is -0.458 e. The summed E-state index contributed by atoms with van der Waals surface area (Å²) < 4.78 is 18.0. The van der Waals surface area contributed by atoms with Crippen LogP contribution in [0.1, 0.15) is 68.2 Å². The van der Waals surface area contributed by atoms with Crippen LogP contribution in [-0.2, 0) is 23.8 Å². The van der Waals surface area contributed by atoms with Gasteiger partial charge < -0.3 is 24.4 Å². The zero-order valence-electron chi connectivity index (χ0n) is 20.5. The van der Waals surface area contributed by atoms with Crippen LogP contribution >= 0.6 is 0 Å². The summed E-state index contributed by atoms with van der Waals surface area (Å²) >= 11 is 0. The zero-order chi connectivity index (χ0) is 24.2. The van der Waals surface area contributed by atoms with E-state index in [4.69, 9.17) is 14.2 Å². The highest BCUT2D eigenvalue weighted by molar-refractivity contribution is 5.88. The van der Waals surface area contributed by atoms with Gasteiger partial charge in [0, 0.05) is 35.3 Å². The van der Waals surface area contributed by atoms with E-state index < -0.39 is 58.9 Å². The molecule has 3 rings (SSSR count). The molecule has 0 bridgehead atoms. The third-order valence-electron chi connectivity index (χ3n) is 8.26. The number of esters is 2. The molecule has 0 amide bonds. The molecule has 1 aliphatic heterocycles. The zero-order valence-corrected chi connectivity index (χ0v) is 20.5. The van der Waals surface area contributed by atoms with Gasteiger partial charge in [0.05, 0.1) is 17.3 Å². The maximum absolute atomic E-state index is 12.8. The number of aliphatic hydroxyl groups is 2. The quantitative estimate of drug-likeness (QED) is 0.377. The highest BCUT2D eigenvalue weighted by atomic mass is 16.6. The second-order valence-electron chi connectivity index (χ2n) is 10.5. The second kappa shape index (κ2) is 8.26. The van der Waals surface area contributed by atoms with Crippen molar-refractivity contribution in [2.75, 3.05) is 0 Å². The van der Waals surface area contributed by atoms with Gasteiger partial charge in [-0.1, -0.05) is 32.9 Å². The smallest absolute Gasteiger partial charge is 0.333 e. The normalized spacial score (nSPS) is 43.9. The van der Waals surface area contributed by atoms with E-state index in [0.29, 0.717) is 17.6 Å². The predicted octanol–water partition coefficient (Wildman–Crippen LogP) is 3.08. The van der Waals surface area contributed by atoms with E-state index in [1.54, 1.807) is 39.8 Å². The summed E-state index contributed by atoms with van der Waals surface area (Å²) in [5.41, 5.74) is -2.15. The van der Waals surface area contributed by atoms with Crippen molar-refractivity contribution < 1.29 is 34.0 Å². The molecule has 2 N–H and O–H groups in total. The van der Waals surface area contributed by atoms with Crippen LogP contribution in [0.25, 0.3) is 0 Å². The number of epoxide rings is 1. The lowest BCUT2D eigenvalue weighted by Gasteiger charge is -2.46. The van der Waals surface area contributed by atoms with Crippen molar-refractivity contribution in [3.63, 3.8) is 0 Å². The molecule has 7 heteroatoms. The van der Waals surface area contributed by atoms with E-state index in [1.165, 1.54) is 0 Å². The number of carbonyl (C=O) groups excluding carboxylic acids is 2. The molecule has 7 nitrogen and oxygen atoms in total. The monoisotopic (exact) mass is 450 g/mol. The van der Waals surface area contributed by atoms with Crippen LogP contribution in [0, 0.1) is 17.3 Å². The van der Waals surface area contributed by atoms with E-state index in [9.17, 15) is 19.8 Å². The Kier molecular flexibility index (Phi) is 6.44. The SMILES string of the molecule is CC=C(C)C(=O)O[C@H]1C[C@]2(C)O[C@@H]2[C@H](OC(=O)C(C)=CC)[C@@]2(C)[C@@H]1[C@](O)(C(C)C)C[C@@H]2O. The molecule has 180 valence electrons. The first-order valence-electron chi connectivity index (χ1n) is 11.5. The van der Waals surface area contributed by atoms with Crippen LogP contribution in [0.3, 0.4) is 0 Å². The van der Waals surface area contributed by atoms with Crippen molar-refractivity contribution in [2.45, 2.75) is 104 Å². The Hall–Kier alpha value is -1.70. The molecule has 0 unspecified atom stereocenters. The number of fused-ring (bicyclic) bond motifs is 2. The Morgan fingerprint density at radius 2 is 1.56 bits per heavy atom. The fourth-order valence-electron chi connectivity index (χ4n) is 5.70. The predicted molar refractivity (Wildman–Crippen MR) is 119 cm³/mol. The highest BCUT2D eigenvalue weighted by Gasteiger charge is 2.76. The fraction of sp³-hybridized carbons (Fsp3) is 0.760. The van der Waals surface area contributed by atoms with E-state index >= 15 is 0 Å². The van der Waals surface area contributed by atoms with E-state index in [2.05, 4.69) is 0 Å². The van der Waals surface area contributed by atoms with Gasteiger partial charge in [0.15, 0.2) is 0 Å². The molecular weight excluding hydrogens is 412 g/mol. The Balaban J connectivity index is 2.12. The number of rotatable bonds is 5. The minimum absolute atomic E-state index is 0.0998. The molecule has 2 aliphatic carbocycles. The molecule has 3 aliphatic rings. The van der Waals surface area contributed by atoms with Gasteiger partial charge in [-0.15, -0.1) is 0 Å². The molecule has 0 radical (unpaired) electrons. The first-order valence-corrected chi connectivity index (χ1v) is 11.5. The van der Waals surface area contributed by atoms with E-state index in [1.807, 2.05) is 27.7 Å².